The summed E-state index contributed by atoms with van der Waals surface area (Å²) in [5.74, 6) is 0.870. The van der Waals surface area contributed by atoms with E-state index in [1.54, 1.807) is 24.3 Å². The highest BCUT2D eigenvalue weighted by molar-refractivity contribution is 6.09. The normalized spacial score (nSPS) is 17.1. The van der Waals surface area contributed by atoms with Crippen LogP contribution in [0.4, 0.5) is 0 Å². The molecule has 5 rings (SSSR count). The molecule has 1 aliphatic rings. The average Bonchev–Trinajstić information content (AvgIpc) is 3.16. The van der Waals surface area contributed by atoms with E-state index in [9.17, 15) is 20.1 Å². The molecule has 0 bridgehead atoms. The van der Waals surface area contributed by atoms with E-state index in [-0.39, 0.29) is 46.3 Å². The number of aromatic hydroxyl groups is 2. The van der Waals surface area contributed by atoms with Crippen molar-refractivity contribution in [3.05, 3.63) is 58.4 Å². The van der Waals surface area contributed by atoms with Crippen molar-refractivity contribution in [1.29, 1.82) is 0 Å². The van der Waals surface area contributed by atoms with Gasteiger partial charge < -0.3 is 38.7 Å². The zero-order chi connectivity index (χ0) is 23.3. The zero-order valence-corrected chi connectivity index (χ0v) is 17.7. The van der Waals surface area contributed by atoms with Crippen LogP contribution in [0.5, 0.6) is 34.5 Å². The summed E-state index contributed by atoms with van der Waals surface area (Å²) in [6, 6.07) is 10.7. The van der Waals surface area contributed by atoms with Crippen LogP contribution in [0.25, 0.3) is 21.7 Å². The summed E-state index contributed by atoms with van der Waals surface area (Å²) in [6.45, 7) is -0.356. The fraction of sp³-hybridized carbons (Fsp3) is 0.208. The maximum Gasteiger partial charge on any atom is 0.344 e. The summed E-state index contributed by atoms with van der Waals surface area (Å²) < 4.78 is 28.3. The van der Waals surface area contributed by atoms with Gasteiger partial charge in [0, 0.05) is 22.4 Å². The van der Waals surface area contributed by atoms with Crippen LogP contribution in [0, 0.1) is 0 Å². The molecule has 0 amide bonds. The Morgan fingerprint density at radius 1 is 0.970 bits per heavy atom. The average molecular weight is 452 g/mol. The molecule has 2 unspecified atom stereocenters. The number of methoxy groups -OCH3 is 2. The first kappa shape index (κ1) is 20.8. The lowest BCUT2D eigenvalue weighted by Crippen LogP contribution is -2.27. The highest BCUT2D eigenvalue weighted by atomic mass is 16.6. The number of benzene rings is 3. The van der Waals surface area contributed by atoms with Crippen LogP contribution in [0.3, 0.4) is 0 Å². The quantitative estimate of drug-likeness (QED) is 0.309. The fourth-order valence-corrected chi connectivity index (χ4v) is 4.19. The van der Waals surface area contributed by atoms with Gasteiger partial charge in [0.15, 0.2) is 35.2 Å². The van der Waals surface area contributed by atoms with Crippen LogP contribution >= 0.6 is 0 Å². The molecule has 0 fully saturated rings. The molecular weight excluding hydrogens is 432 g/mol. The molecule has 0 aliphatic carbocycles. The van der Waals surface area contributed by atoms with Crippen LogP contribution in [-0.2, 0) is 0 Å². The van der Waals surface area contributed by atoms with Crippen molar-refractivity contribution in [3.63, 3.8) is 0 Å². The van der Waals surface area contributed by atoms with E-state index in [1.165, 1.54) is 32.4 Å². The minimum atomic E-state index is -0.773. The highest BCUT2D eigenvalue weighted by Gasteiger charge is 2.39. The molecule has 0 spiro atoms. The lowest BCUT2D eigenvalue weighted by molar-refractivity contribution is 0.0396. The maximum absolute atomic E-state index is 12.6. The highest BCUT2D eigenvalue weighted by Crippen LogP contribution is 2.50. The predicted molar refractivity (Wildman–Crippen MR) is 118 cm³/mol. The molecule has 4 aromatic rings. The van der Waals surface area contributed by atoms with Gasteiger partial charge in [0.25, 0.3) is 0 Å². The number of phenolic OH excluding ortho intramolecular Hbond substituents is 2. The summed E-state index contributed by atoms with van der Waals surface area (Å²) in [5.41, 5.74) is 0.190. The number of aliphatic hydroxyl groups is 1. The number of ether oxygens (including phenoxy) is 4. The van der Waals surface area contributed by atoms with Gasteiger partial charge in [-0.25, -0.2) is 4.79 Å². The molecule has 33 heavy (non-hydrogen) atoms. The number of fused-ring (bicyclic) bond motifs is 4. The Kier molecular flexibility index (Phi) is 4.90. The van der Waals surface area contributed by atoms with Crippen LogP contribution in [0.2, 0.25) is 0 Å². The zero-order valence-electron chi connectivity index (χ0n) is 17.7. The number of rotatable bonds is 5. The standard InChI is InChI=1S/C24H20O9/c1-29-22-15(27)7-5-14-20(18(10-25)32-21(14)22)31-16-8-6-13-19(23(16)30-2)12-4-3-11(26)9-17(12)33-24(13)28/h3-9,18,20,25-27H,10H2,1-2H3. The molecule has 1 aromatic heterocycles. The molecule has 2 atom stereocenters. The molecule has 9 heteroatoms. The first-order valence-corrected chi connectivity index (χ1v) is 10.1. The Morgan fingerprint density at radius 3 is 2.45 bits per heavy atom. The van der Waals surface area contributed by atoms with Crippen molar-refractivity contribution >= 4 is 21.7 Å². The number of hydrogen-bond donors (Lipinski definition) is 3. The number of aliphatic hydroxyl groups excluding tert-OH is 1. The van der Waals surface area contributed by atoms with Gasteiger partial charge in [0.1, 0.15) is 11.3 Å². The number of hydrogen-bond acceptors (Lipinski definition) is 9. The Hall–Kier alpha value is -4.11. The summed E-state index contributed by atoms with van der Waals surface area (Å²) in [7, 11) is 2.86. The van der Waals surface area contributed by atoms with Gasteiger partial charge in [-0.3, -0.25) is 0 Å². The van der Waals surface area contributed by atoms with E-state index in [4.69, 9.17) is 23.4 Å². The van der Waals surface area contributed by atoms with Gasteiger partial charge >= 0.3 is 5.63 Å². The summed E-state index contributed by atoms with van der Waals surface area (Å²) in [6.07, 6.45) is -1.52. The molecule has 0 saturated heterocycles. The lowest BCUT2D eigenvalue weighted by Gasteiger charge is -2.21. The Bertz CT molecular complexity index is 1440. The predicted octanol–water partition coefficient (Wildman–Crippen LogP) is 3.25. The maximum atomic E-state index is 12.6. The second kappa shape index (κ2) is 7.79. The molecule has 3 aromatic carbocycles. The molecule has 170 valence electrons. The smallest absolute Gasteiger partial charge is 0.344 e. The van der Waals surface area contributed by atoms with Gasteiger partial charge in [-0.05, 0) is 36.4 Å². The van der Waals surface area contributed by atoms with Crippen LogP contribution in [0.1, 0.15) is 11.7 Å². The Morgan fingerprint density at radius 2 is 1.73 bits per heavy atom. The first-order chi connectivity index (χ1) is 16.0. The monoisotopic (exact) mass is 452 g/mol. The van der Waals surface area contributed by atoms with Crippen molar-refractivity contribution in [2.24, 2.45) is 0 Å². The van der Waals surface area contributed by atoms with Gasteiger partial charge in [-0.2, -0.15) is 0 Å². The van der Waals surface area contributed by atoms with Crippen molar-refractivity contribution in [2.45, 2.75) is 12.2 Å². The lowest BCUT2D eigenvalue weighted by atomic mass is 10.0. The van der Waals surface area contributed by atoms with Gasteiger partial charge in [0.2, 0.25) is 5.75 Å². The third-order valence-corrected chi connectivity index (χ3v) is 5.66. The van der Waals surface area contributed by atoms with E-state index in [1.807, 2.05) is 0 Å². The van der Waals surface area contributed by atoms with Gasteiger partial charge in [0.05, 0.1) is 26.2 Å². The third-order valence-electron chi connectivity index (χ3n) is 5.66. The molecule has 2 heterocycles. The molecule has 0 radical (unpaired) electrons. The third kappa shape index (κ3) is 3.16. The molecule has 1 aliphatic heterocycles. The second-order valence-corrected chi connectivity index (χ2v) is 7.50. The molecular formula is C24H20O9. The number of phenols is 2. The van der Waals surface area contributed by atoms with E-state index in [2.05, 4.69) is 0 Å². The SMILES string of the molecule is COc1c(O)ccc2c1OC(CO)C2Oc1ccc2c(=O)oc3cc(O)ccc3c2c1OC. The van der Waals surface area contributed by atoms with E-state index < -0.39 is 17.8 Å². The van der Waals surface area contributed by atoms with Crippen molar-refractivity contribution in [2.75, 3.05) is 20.8 Å². The topological polar surface area (TPSA) is 128 Å². The minimum Gasteiger partial charge on any atom is -0.508 e. The van der Waals surface area contributed by atoms with E-state index in [0.29, 0.717) is 22.1 Å². The van der Waals surface area contributed by atoms with Crippen molar-refractivity contribution in [1.82, 2.24) is 0 Å². The second-order valence-electron chi connectivity index (χ2n) is 7.50. The van der Waals surface area contributed by atoms with Crippen molar-refractivity contribution < 1.29 is 38.7 Å². The van der Waals surface area contributed by atoms with Crippen LogP contribution < -0.4 is 24.6 Å². The van der Waals surface area contributed by atoms with Crippen LogP contribution in [-0.4, -0.2) is 42.3 Å². The summed E-state index contributed by atoms with van der Waals surface area (Å²) >= 11 is 0. The van der Waals surface area contributed by atoms with E-state index >= 15 is 0 Å². The Balaban J connectivity index is 1.69. The van der Waals surface area contributed by atoms with Crippen LogP contribution in [0.15, 0.2) is 51.7 Å². The fourth-order valence-electron chi connectivity index (χ4n) is 4.19. The molecule has 9 nitrogen and oxygen atoms in total. The molecule has 3 N–H and O–H groups in total. The first-order valence-electron chi connectivity index (χ1n) is 10.1. The largest absolute Gasteiger partial charge is 0.508 e. The Labute approximate surface area is 186 Å². The minimum absolute atomic E-state index is 0.0425. The summed E-state index contributed by atoms with van der Waals surface area (Å²) in [5, 5.41) is 31.1. The summed E-state index contributed by atoms with van der Waals surface area (Å²) in [4.78, 5) is 12.6. The van der Waals surface area contributed by atoms with Gasteiger partial charge in [-0.1, -0.05) is 0 Å². The van der Waals surface area contributed by atoms with Gasteiger partial charge in [-0.15, -0.1) is 0 Å². The van der Waals surface area contributed by atoms with Crippen molar-refractivity contribution in [3.8, 4) is 34.5 Å². The van der Waals surface area contributed by atoms with E-state index in [0.717, 1.165) is 0 Å². The molecule has 0 saturated carbocycles.